The van der Waals surface area contributed by atoms with Gasteiger partial charge in [-0.25, -0.2) is 9.67 Å². The number of fused-ring (bicyclic) bond motifs is 1. The maximum atomic E-state index is 12.5. The fourth-order valence-electron chi connectivity index (χ4n) is 2.45. The van der Waals surface area contributed by atoms with Crippen molar-refractivity contribution < 1.29 is 23.1 Å². The minimum absolute atomic E-state index is 0.281. The van der Waals surface area contributed by atoms with Gasteiger partial charge in [0.05, 0.1) is 11.5 Å². The van der Waals surface area contributed by atoms with Gasteiger partial charge in [0.1, 0.15) is 5.82 Å². The number of benzene rings is 1. The van der Waals surface area contributed by atoms with Crippen molar-refractivity contribution in [2.75, 3.05) is 0 Å². The molecule has 0 bridgehead atoms. The Morgan fingerprint density at radius 1 is 1.27 bits per heavy atom. The molecule has 1 atom stereocenters. The summed E-state index contributed by atoms with van der Waals surface area (Å²) in [5.41, 5.74) is -0.257. The second-order valence-electron chi connectivity index (χ2n) is 5.18. The first kappa shape index (κ1) is 14.6. The molecule has 0 radical (unpaired) electrons. The monoisotopic (exact) mass is 311 g/mol. The van der Waals surface area contributed by atoms with Gasteiger partial charge in [0, 0.05) is 18.5 Å². The molecule has 0 amide bonds. The molecule has 0 saturated carbocycles. The molecule has 116 valence electrons. The SMILES string of the molecule is O=C(O)C1CCn2nc(-c3ccc(C(F)(F)F)cc3)nc2C1. The zero-order chi connectivity index (χ0) is 15.9. The maximum absolute atomic E-state index is 12.5. The van der Waals surface area contributed by atoms with Gasteiger partial charge in [-0.1, -0.05) is 12.1 Å². The van der Waals surface area contributed by atoms with E-state index >= 15 is 0 Å². The summed E-state index contributed by atoms with van der Waals surface area (Å²) in [6, 6.07) is 4.60. The van der Waals surface area contributed by atoms with E-state index in [1.54, 1.807) is 4.68 Å². The number of aryl methyl sites for hydroxylation is 1. The van der Waals surface area contributed by atoms with Gasteiger partial charge in [-0.15, -0.1) is 0 Å². The molecular weight excluding hydrogens is 299 g/mol. The van der Waals surface area contributed by atoms with E-state index in [4.69, 9.17) is 5.11 Å². The van der Waals surface area contributed by atoms with Gasteiger partial charge >= 0.3 is 12.1 Å². The van der Waals surface area contributed by atoms with Gasteiger partial charge < -0.3 is 5.11 Å². The molecule has 2 aromatic rings. The topological polar surface area (TPSA) is 68.0 Å². The van der Waals surface area contributed by atoms with Gasteiger partial charge in [0.25, 0.3) is 0 Å². The number of carbonyl (C=O) groups is 1. The zero-order valence-corrected chi connectivity index (χ0v) is 11.3. The molecule has 1 aromatic carbocycles. The van der Waals surface area contributed by atoms with Crippen molar-refractivity contribution in [1.82, 2.24) is 14.8 Å². The number of rotatable bonds is 2. The lowest BCUT2D eigenvalue weighted by molar-refractivity contribution is -0.142. The van der Waals surface area contributed by atoms with Gasteiger partial charge in [0.15, 0.2) is 5.82 Å². The lowest BCUT2D eigenvalue weighted by Crippen LogP contribution is -2.26. The highest BCUT2D eigenvalue weighted by molar-refractivity contribution is 5.70. The van der Waals surface area contributed by atoms with E-state index in [2.05, 4.69) is 10.1 Å². The van der Waals surface area contributed by atoms with E-state index in [0.717, 1.165) is 12.1 Å². The number of hydrogen-bond acceptors (Lipinski definition) is 3. The molecule has 1 aliphatic rings. The summed E-state index contributed by atoms with van der Waals surface area (Å²) in [5, 5.41) is 13.3. The number of alkyl halides is 3. The van der Waals surface area contributed by atoms with Crippen molar-refractivity contribution in [2.45, 2.75) is 25.6 Å². The molecule has 8 heteroatoms. The van der Waals surface area contributed by atoms with Crippen LogP contribution in [0, 0.1) is 5.92 Å². The molecule has 1 aromatic heterocycles. The molecule has 3 rings (SSSR count). The van der Waals surface area contributed by atoms with Crippen LogP contribution in [0.2, 0.25) is 0 Å². The van der Waals surface area contributed by atoms with Crippen molar-refractivity contribution in [1.29, 1.82) is 0 Å². The summed E-state index contributed by atoms with van der Waals surface area (Å²) in [7, 11) is 0. The number of nitrogens with zero attached hydrogens (tertiary/aromatic N) is 3. The van der Waals surface area contributed by atoms with Crippen LogP contribution in [0.1, 0.15) is 17.8 Å². The van der Waals surface area contributed by atoms with Crippen molar-refractivity contribution in [3.8, 4) is 11.4 Å². The first-order chi connectivity index (χ1) is 10.3. The number of carboxylic acids is 1. The summed E-state index contributed by atoms with van der Waals surface area (Å²) in [4.78, 5) is 15.3. The van der Waals surface area contributed by atoms with E-state index in [1.165, 1.54) is 12.1 Å². The number of aromatic nitrogens is 3. The fourth-order valence-corrected chi connectivity index (χ4v) is 2.45. The summed E-state index contributed by atoms with van der Waals surface area (Å²) >= 11 is 0. The van der Waals surface area contributed by atoms with Gasteiger partial charge in [-0.2, -0.15) is 18.3 Å². The van der Waals surface area contributed by atoms with Gasteiger partial charge in [-0.3, -0.25) is 4.79 Å². The van der Waals surface area contributed by atoms with E-state index in [1.807, 2.05) is 0 Å². The molecular formula is C14H12F3N3O2. The fraction of sp³-hybridized carbons (Fsp3) is 0.357. The Morgan fingerprint density at radius 2 is 1.95 bits per heavy atom. The third-order valence-electron chi connectivity index (χ3n) is 3.69. The molecule has 5 nitrogen and oxygen atoms in total. The Labute approximate surface area is 123 Å². The average Bonchev–Trinajstić information content (AvgIpc) is 2.89. The minimum Gasteiger partial charge on any atom is -0.481 e. The Morgan fingerprint density at radius 3 is 2.55 bits per heavy atom. The first-order valence-electron chi connectivity index (χ1n) is 6.69. The molecule has 0 aliphatic carbocycles. The van der Waals surface area contributed by atoms with Crippen molar-refractivity contribution in [3.63, 3.8) is 0 Å². The van der Waals surface area contributed by atoms with Crippen LogP contribution in [-0.4, -0.2) is 25.8 Å². The van der Waals surface area contributed by atoms with Crippen molar-refractivity contribution in [2.24, 2.45) is 5.92 Å². The number of aliphatic carboxylic acids is 1. The van der Waals surface area contributed by atoms with Crippen LogP contribution in [0.4, 0.5) is 13.2 Å². The molecule has 1 N–H and O–H groups in total. The highest BCUT2D eigenvalue weighted by atomic mass is 19.4. The van der Waals surface area contributed by atoms with E-state index in [0.29, 0.717) is 30.2 Å². The summed E-state index contributed by atoms with van der Waals surface area (Å²) < 4.78 is 39.2. The smallest absolute Gasteiger partial charge is 0.416 e. The molecule has 1 aliphatic heterocycles. The zero-order valence-electron chi connectivity index (χ0n) is 11.3. The summed E-state index contributed by atoms with van der Waals surface area (Å²) in [5.74, 6) is -0.495. The predicted octanol–water partition coefficient (Wildman–Crippen LogP) is 2.61. The molecule has 0 fully saturated rings. The molecule has 0 spiro atoms. The Bertz CT molecular complexity index is 707. The molecule has 1 unspecified atom stereocenters. The highest BCUT2D eigenvalue weighted by Crippen LogP contribution is 2.30. The van der Waals surface area contributed by atoms with Crippen molar-refractivity contribution in [3.05, 3.63) is 35.7 Å². The molecule has 2 heterocycles. The van der Waals surface area contributed by atoms with Crippen LogP contribution in [0.25, 0.3) is 11.4 Å². The minimum atomic E-state index is -4.38. The van der Waals surface area contributed by atoms with Crippen molar-refractivity contribution >= 4 is 5.97 Å². The van der Waals surface area contributed by atoms with Gasteiger partial charge in [-0.05, 0) is 18.6 Å². The van der Waals surface area contributed by atoms with Crippen LogP contribution in [0.15, 0.2) is 24.3 Å². The predicted molar refractivity (Wildman–Crippen MR) is 69.9 cm³/mol. The quantitative estimate of drug-likeness (QED) is 0.925. The highest BCUT2D eigenvalue weighted by Gasteiger charge is 2.30. The number of hydrogen-bond donors (Lipinski definition) is 1. The van der Waals surface area contributed by atoms with E-state index in [-0.39, 0.29) is 6.42 Å². The van der Waals surface area contributed by atoms with E-state index in [9.17, 15) is 18.0 Å². The maximum Gasteiger partial charge on any atom is 0.416 e. The largest absolute Gasteiger partial charge is 0.481 e. The second-order valence-corrected chi connectivity index (χ2v) is 5.18. The lowest BCUT2D eigenvalue weighted by Gasteiger charge is -2.17. The van der Waals surface area contributed by atoms with Crippen LogP contribution >= 0.6 is 0 Å². The lowest BCUT2D eigenvalue weighted by atomic mass is 9.98. The molecule has 0 saturated heterocycles. The Hall–Kier alpha value is -2.38. The average molecular weight is 311 g/mol. The Kier molecular flexibility index (Phi) is 3.38. The van der Waals surface area contributed by atoms with Crippen LogP contribution < -0.4 is 0 Å². The van der Waals surface area contributed by atoms with Crippen LogP contribution in [0.3, 0.4) is 0 Å². The van der Waals surface area contributed by atoms with Crippen LogP contribution in [0.5, 0.6) is 0 Å². The van der Waals surface area contributed by atoms with E-state index < -0.39 is 23.6 Å². The first-order valence-corrected chi connectivity index (χ1v) is 6.69. The third kappa shape index (κ3) is 2.68. The van der Waals surface area contributed by atoms with Gasteiger partial charge in [0.2, 0.25) is 0 Å². The number of halogens is 3. The summed E-state index contributed by atoms with van der Waals surface area (Å²) in [6.45, 7) is 0.444. The molecule has 22 heavy (non-hydrogen) atoms. The third-order valence-corrected chi connectivity index (χ3v) is 3.69. The van der Waals surface area contributed by atoms with Crippen LogP contribution in [-0.2, 0) is 23.9 Å². The standard InChI is InChI=1S/C14H12F3N3O2/c15-14(16,17)10-3-1-8(2-4-10)12-18-11-7-9(13(21)22)5-6-20(11)19-12/h1-4,9H,5-7H2,(H,21,22). The Balaban J connectivity index is 1.87. The number of carboxylic acid groups (broad SMARTS) is 1. The normalized spacial score (nSPS) is 18.0. The summed E-state index contributed by atoms with van der Waals surface area (Å²) in [6.07, 6.45) is -3.63. The second kappa shape index (κ2) is 5.11.